The number of pyridine rings is 2. The molecule has 2 atom stereocenters. The molecule has 0 radical (unpaired) electrons. The van der Waals surface area contributed by atoms with E-state index in [0.717, 1.165) is 13.1 Å². The minimum atomic E-state index is -11.2. The van der Waals surface area contributed by atoms with Crippen LogP contribution in [0.25, 0.3) is 0 Å². The number of likely N-dealkylation sites (tertiary alicyclic amines) is 2. The zero-order chi connectivity index (χ0) is 34.4. The molecule has 0 saturated carbocycles. The van der Waals surface area contributed by atoms with Gasteiger partial charge in [0.1, 0.15) is 0 Å². The maximum Gasteiger partial charge on any atom is 2.00 e. The molecule has 260 valence electrons. The third-order valence-corrected chi connectivity index (χ3v) is 5.46. The summed E-state index contributed by atoms with van der Waals surface area (Å²) in [6.45, 7) is 7.24. The molecule has 2 aromatic heterocycles. The van der Waals surface area contributed by atoms with Crippen molar-refractivity contribution in [2.75, 3.05) is 13.1 Å². The van der Waals surface area contributed by atoms with Gasteiger partial charge in [0, 0.05) is 51.4 Å². The van der Waals surface area contributed by atoms with E-state index >= 15 is 0 Å². The van der Waals surface area contributed by atoms with Crippen LogP contribution in [0.3, 0.4) is 0 Å². The van der Waals surface area contributed by atoms with Gasteiger partial charge in [0.25, 0.3) is 0 Å². The molecular formula is C24H32F12FeN6Sb2. The predicted molar refractivity (Wildman–Crippen MR) is 143 cm³/mol. The summed E-state index contributed by atoms with van der Waals surface area (Å²) < 4.78 is 119. The van der Waals surface area contributed by atoms with Gasteiger partial charge in [-0.1, -0.05) is 12.1 Å². The molecule has 21 heteroatoms. The molecule has 2 fully saturated rings. The quantitative estimate of drug-likeness (QED) is 0.222. The van der Waals surface area contributed by atoms with Crippen LogP contribution in [0.15, 0.2) is 48.8 Å². The Bertz CT molecular complexity index is 1100. The number of nitriles is 2. The average Bonchev–Trinajstić information content (AvgIpc) is 3.46. The number of hydrogen-bond donors (Lipinski definition) is 0. The Labute approximate surface area is 268 Å². The second-order valence-corrected chi connectivity index (χ2v) is 20.3. The first kappa shape index (κ1) is 45.6. The largest absolute Gasteiger partial charge is 2.00 e. The molecule has 2 aliphatic heterocycles. The van der Waals surface area contributed by atoms with Crippen molar-refractivity contribution in [2.24, 2.45) is 0 Å². The molecule has 0 unspecified atom stereocenters. The molecule has 4 rings (SSSR count). The zero-order valence-electron chi connectivity index (χ0n) is 23.9. The standard InChI is InChI=1S/C20H26N4.2C2H3N.12FH.Fe.2Sb/c1-3-11-21-17(7-1)15-23-13-5-9-19(23)20-10-6-14-24(20)16-18-8-2-4-12-22-18;2*1-2-3;;;;;;;;;;;;;;;/h1-4,7-8,11-12,19-20H,5-6,9-10,13-16H2;2*1H3;12*1H;;;/q;;;;;;;;;;;;;;;+2;2*+5/p-12/t19-,20-;;;;;;;;;;;;;;;;;/m1................./s1. The fourth-order valence-electron chi connectivity index (χ4n) is 4.37. The Balaban J connectivity index is 0. The van der Waals surface area contributed by atoms with Crippen LogP contribution in [0.2, 0.25) is 0 Å². The number of aromatic nitrogens is 2. The maximum absolute atomic E-state index is 11.2. The van der Waals surface area contributed by atoms with Gasteiger partial charge in [-0.3, -0.25) is 19.8 Å². The second-order valence-electron chi connectivity index (χ2n) is 9.37. The Morgan fingerprint density at radius 3 is 1.13 bits per heavy atom. The summed E-state index contributed by atoms with van der Waals surface area (Å²) in [4.78, 5) is 14.4. The van der Waals surface area contributed by atoms with Gasteiger partial charge < -0.3 is 0 Å². The first-order valence-electron chi connectivity index (χ1n) is 12.7. The zero-order valence-corrected chi connectivity index (χ0v) is 30.1. The van der Waals surface area contributed by atoms with Crippen LogP contribution in [0, 0.1) is 22.7 Å². The van der Waals surface area contributed by atoms with Crippen LogP contribution in [-0.2, 0) is 30.2 Å². The van der Waals surface area contributed by atoms with E-state index in [4.69, 9.17) is 10.5 Å². The molecule has 6 nitrogen and oxygen atoms in total. The second kappa shape index (κ2) is 16.6. The van der Waals surface area contributed by atoms with E-state index in [1.807, 2.05) is 24.5 Å². The van der Waals surface area contributed by atoms with Crippen molar-refractivity contribution in [3.63, 3.8) is 0 Å². The monoisotopic (exact) mass is 930 g/mol. The molecule has 2 aromatic rings. The van der Waals surface area contributed by atoms with Gasteiger partial charge in [0.05, 0.1) is 23.5 Å². The summed E-state index contributed by atoms with van der Waals surface area (Å²) in [5.74, 6) is 0. The number of nitrogens with zero attached hydrogens (tertiary/aromatic N) is 6. The molecule has 2 aliphatic rings. The summed E-state index contributed by atoms with van der Waals surface area (Å²) in [5, 5.41) is 14.6. The third kappa shape index (κ3) is 32.3. The Kier molecular flexibility index (Phi) is 16.8. The van der Waals surface area contributed by atoms with Crippen molar-refractivity contribution in [1.29, 1.82) is 10.5 Å². The normalized spacial score (nSPS) is 21.1. The van der Waals surface area contributed by atoms with Gasteiger partial charge in [-0.2, -0.15) is 10.5 Å². The van der Waals surface area contributed by atoms with Gasteiger partial charge in [0.2, 0.25) is 0 Å². The van der Waals surface area contributed by atoms with Crippen molar-refractivity contribution >= 4 is 39.0 Å². The van der Waals surface area contributed by atoms with Crippen molar-refractivity contribution in [3.8, 4) is 12.1 Å². The maximum atomic E-state index is 9.93. The molecule has 0 spiro atoms. The van der Waals surface area contributed by atoms with E-state index in [-0.39, 0.29) is 17.1 Å². The fraction of sp³-hybridized carbons (Fsp3) is 0.500. The summed E-state index contributed by atoms with van der Waals surface area (Å²) >= 11 is -22.5. The summed E-state index contributed by atoms with van der Waals surface area (Å²) in [5.41, 5.74) is 2.39. The SMILES string of the molecule is CC#N.CC#N.[F][Sb-]([F])([F])([F])([F])[F].[F][Sb-]([F])([F])([F])([F])[F].[Fe+2].c1ccc(CN2CCC[C@@H]2[C@H]2CCCN2Cc2ccccn2)nc1. The summed E-state index contributed by atoms with van der Waals surface area (Å²) in [6, 6.07) is 17.3. The fourth-order valence-corrected chi connectivity index (χ4v) is 4.37. The minimum Gasteiger partial charge on any atom is -0.293 e. The summed E-state index contributed by atoms with van der Waals surface area (Å²) in [7, 11) is 0. The first-order valence-corrected chi connectivity index (χ1v) is 24.2. The van der Waals surface area contributed by atoms with E-state index in [1.165, 1.54) is 64.0 Å². The van der Waals surface area contributed by atoms with Gasteiger partial charge in [-0.05, 0) is 63.0 Å². The van der Waals surface area contributed by atoms with Crippen molar-refractivity contribution in [1.82, 2.24) is 19.8 Å². The van der Waals surface area contributed by atoms with Crippen LogP contribution < -0.4 is 0 Å². The molecule has 0 amide bonds. The van der Waals surface area contributed by atoms with Gasteiger partial charge in [-0.15, -0.1) is 0 Å². The van der Waals surface area contributed by atoms with E-state index < -0.39 is 39.0 Å². The Morgan fingerprint density at radius 2 is 0.911 bits per heavy atom. The number of halogens is 12. The minimum absolute atomic E-state index is 0. The van der Waals surface area contributed by atoms with E-state index in [1.54, 1.807) is 12.1 Å². The number of hydrogen-bond acceptors (Lipinski definition) is 6. The number of rotatable bonds is 5. The van der Waals surface area contributed by atoms with Crippen LogP contribution in [0.4, 0.5) is 33.8 Å². The average molecular weight is 932 g/mol. The molecule has 0 aliphatic carbocycles. The smallest absolute Gasteiger partial charge is 0.293 e. The molecular weight excluding hydrogens is 900 g/mol. The molecule has 0 aromatic carbocycles. The topological polar surface area (TPSA) is 79.8 Å². The summed E-state index contributed by atoms with van der Waals surface area (Å²) in [6.07, 6.45) is 9.07. The Hall–Kier alpha value is -1.48. The van der Waals surface area contributed by atoms with Crippen LogP contribution in [0.5, 0.6) is 0 Å². The molecule has 2 saturated heterocycles. The first-order chi connectivity index (χ1) is 19.6. The van der Waals surface area contributed by atoms with Gasteiger partial charge in [0.15, 0.2) is 0 Å². The molecule has 4 heterocycles. The van der Waals surface area contributed by atoms with Crippen LogP contribution in [-0.4, -0.2) is 83.9 Å². The van der Waals surface area contributed by atoms with Crippen LogP contribution >= 0.6 is 0 Å². The predicted octanol–water partition coefficient (Wildman–Crippen LogP) is 8.44. The van der Waals surface area contributed by atoms with Gasteiger partial charge in [-0.25, -0.2) is 0 Å². The van der Waals surface area contributed by atoms with E-state index in [0.29, 0.717) is 12.1 Å². The van der Waals surface area contributed by atoms with Crippen molar-refractivity contribution < 1.29 is 50.8 Å². The Morgan fingerprint density at radius 1 is 0.644 bits per heavy atom. The van der Waals surface area contributed by atoms with E-state index in [9.17, 15) is 33.8 Å². The molecule has 0 bridgehead atoms. The van der Waals surface area contributed by atoms with E-state index in [2.05, 4.69) is 44.0 Å². The van der Waals surface area contributed by atoms with Crippen molar-refractivity contribution in [3.05, 3.63) is 60.2 Å². The van der Waals surface area contributed by atoms with Crippen molar-refractivity contribution in [2.45, 2.75) is 64.7 Å². The molecule has 45 heavy (non-hydrogen) atoms. The van der Waals surface area contributed by atoms with Crippen LogP contribution in [0.1, 0.15) is 50.9 Å². The molecule has 0 N–H and O–H groups in total. The van der Waals surface area contributed by atoms with Gasteiger partial charge >= 0.3 is 89.8 Å². The third-order valence-electron chi connectivity index (χ3n) is 5.46.